The van der Waals surface area contributed by atoms with Gasteiger partial charge in [-0.1, -0.05) is 17.4 Å². The Labute approximate surface area is 151 Å². The van der Waals surface area contributed by atoms with Crippen LogP contribution in [-0.4, -0.2) is 59.0 Å². The SMILES string of the molecule is Cn1c(=O)sc2cc(CN3CCCC(N4CCNCC4=O)C3)ccc21. The number of fused-ring (bicyclic) bond motifs is 1. The molecular weight excluding hydrogens is 336 g/mol. The normalized spacial score (nSPS) is 22.7. The number of aromatic nitrogens is 1. The fraction of sp³-hybridized carbons (Fsp3) is 0.556. The number of hydrogen-bond donors (Lipinski definition) is 1. The molecular formula is C18H24N4O2S. The van der Waals surface area contributed by atoms with E-state index in [9.17, 15) is 9.59 Å². The van der Waals surface area contributed by atoms with Crippen LogP contribution in [0.5, 0.6) is 0 Å². The van der Waals surface area contributed by atoms with Gasteiger partial charge in [-0.2, -0.15) is 0 Å². The van der Waals surface area contributed by atoms with E-state index in [4.69, 9.17) is 0 Å². The Balaban J connectivity index is 1.47. The van der Waals surface area contributed by atoms with Crippen molar-refractivity contribution in [3.8, 4) is 0 Å². The second-order valence-electron chi connectivity index (χ2n) is 7.02. The monoisotopic (exact) mass is 360 g/mol. The van der Waals surface area contributed by atoms with E-state index in [1.54, 1.807) is 4.57 Å². The summed E-state index contributed by atoms with van der Waals surface area (Å²) in [7, 11) is 1.82. The molecule has 2 aliphatic rings. The summed E-state index contributed by atoms with van der Waals surface area (Å²) in [6.07, 6.45) is 2.23. The lowest BCUT2D eigenvalue weighted by Crippen LogP contribution is -2.56. The number of carbonyl (C=O) groups is 1. The van der Waals surface area contributed by atoms with Crippen molar-refractivity contribution in [2.75, 3.05) is 32.7 Å². The second kappa shape index (κ2) is 6.90. The first-order valence-electron chi connectivity index (χ1n) is 8.93. The lowest BCUT2D eigenvalue weighted by atomic mass is 10.0. The van der Waals surface area contributed by atoms with E-state index in [0.717, 1.165) is 55.8 Å². The van der Waals surface area contributed by atoms with Gasteiger partial charge in [-0.3, -0.25) is 14.5 Å². The molecule has 3 heterocycles. The Morgan fingerprint density at radius 2 is 2.16 bits per heavy atom. The van der Waals surface area contributed by atoms with E-state index in [0.29, 0.717) is 12.6 Å². The zero-order valence-corrected chi connectivity index (χ0v) is 15.3. The number of benzene rings is 1. The summed E-state index contributed by atoms with van der Waals surface area (Å²) in [6, 6.07) is 6.64. The molecule has 0 saturated carbocycles. The Morgan fingerprint density at radius 1 is 1.28 bits per heavy atom. The largest absolute Gasteiger partial charge is 0.336 e. The Morgan fingerprint density at radius 3 is 3.00 bits per heavy atom. The lowest BCUT2D eigenvalue weighted by Gasteiger charge is -2.41. The maximum atomic E-state index is 12.2. The van der Waals surface area contributed by atoms with Gasteiger partial charge in [0.2, 0.25) is 5.91 Å². The molecule has 0 bridgehead atoms. The Hall–Kier alpha value is -1.70. The number of likely N-dealkylation sites (tertiary alicyclic amines) is 1. The molecule has 1 aromatic carbocycles. The third-order valence-electron chi connectivity index (χ3n) is 5.31. The summed E-state index contributed by atoms with van der Waals surface area (Å²) in [6.45, 7) is 5.07. The number of nitrogens with one attached hydrogen (secondary N) is 1. The zero-order chi connectivity index (χ0) is 17.4. The van der Waals surface area contributed by atoms with Crippen LogP contribution in [0.4, 0.5) is 0 Å². The standard InChI is InChI=1S/C18H24N4O2S/c1-20-15-5-4-13(9-16(15)25-18(20)24)11-21-7-2-3-14(12-21)22-8-6-19-10-17(22)23/h4-5,9,14,19H,2-3,6-8,10-12H2,1H3. The molecule has 1 N–H and O–H groups in total. The van der Waals surface area contributed by atoms with Gasteiger partial charge in [0, 0.05) is 39.3 Å². The Bertz CT molecular complexity index is 843. The second-order valence-corrected chi connectivity index (χ2v) is 8.02. The van der Waals surface area contributed by atoms with Crippen molar-refractivity contribution in [1.82, 2.24) is 19.7 Å². The van der Waals surface area contributed by atoms with Crippen LogP contribution in [0.2, 0.25) is 0 Å². The Kier molecular flexibility index (Phi) is 4.62. The molecule has 0 spiro atoms. The molecule has 2 saturated heterocycles. The van der Waals surface area contributed by atoms with Crippen LogP contribution in [0.3, 0.4) is 0 Å². The molecule has 134 valence electrons. The van der Waals surface area contributed by atoms with E-state index in [1.807, 2.05) is 13.1 Å². The fourth-order valence-corrected chi connectivity index (χ4v) is 4.91. The van der Waals surface area contributed by atoms with Crippen molar-refractivity contribution in [1.29, 1.82) is 0 Å². The van der Waals surface area contributed by atoms with Crippen LogP contribution in [0, 0.1) is 0 Å². The molecule has 7 heteroatoms. The molecule has 25 heavy (non-hydrogen) atoms. The highest BCUT2D eigenvalue weighted by molar-refractivity contribution is 7.16. The first-order chi connectivity index (χ1) is 12.1. The van der Waals surface area contributed by atoms with Crippen LogP contribution in [0.25, 0.3) is 10.2 Å². The van der Waals surface area contributed by atoms with Crippen LogP contribution in [-0.2, 0) is 18.4 Å². The molecule has 0 aliphatic carbocycles. The fourth-order valence-electron chi connectivity index (χ4n) is 3.97. The van der Waals surface area contributed by atoms with Crippen LogP contribution < -0.4 is 10.2 Å². The number of piperidine rings is 1. The van der Waals surface area contributed by atoms with Gasteiger partial charge in [-0.25, -0.2) is 0 Å². The summed E-state index contributed by atoms with van der Waals surface area (Å²) in [5.41, 5.74) is 2.24. The van der Waals surface area contributed by atoms with Gasteiger partial charge in [-0.15, -0.1) is 0 Å². The summed E-state index contributed by atoms with van der Waals surface area (Å²) >= 11 is 1.31. The molecule has 1 amide bonds. The van der Waals surface area contributed by atoms with Gasteiger partial charge in [0.1, 0.15) is 0 Å². The van der Waals surface area contributed by atoms with Crippen molar-refractivity contribution in [3.63, 3.8) is 0 Å². The summed E-state index contributed by atoms with van der Waals surface area (Å²) in [5, 5.41) is 3.15. The number of hydrogen-bond acceptors (Lipinski definition) is 5. The smallest absolute Gasteiger partial charge is 0.307 e. The highest BCUT2D eigenvalue weighted by Crippen LogP contribution is 2.22. The van der Waals surface area contributed by atoms with Gasteiger partial charge in [0.15, 0.2) is 0 Å². The van der Waals surface area contributed by atoms with E-state index < -0.39 is 0 Å². The number of nitrogens with zero attached hydrogens (tertiary/aromatic N) is 3. The van der Waals surface area contributed by atoms with E-state index >= 15 is 0 Å². The van der Waals surface area contributed by atoms with Gasteiger partial charge in [0.25, 0.3) is 0 Å². The molecule has 6 nitrogen and oxygen atoms in total. The minimum atomic E-state index is 0.0856. The average molecular weight is 360 g/mol. The minimum absolute atomic E-state index is 0.0856. The summed E-state index contributed by atoms with van der Waals surface area (Å²) in [5.74, 6) is 0.230. The molecule has 2 aromatic rings. The maximum absolute atomic E-state index is 12.2. The average Bonchev–Trinajstić information content (AvgIpc) is 2.89. The number of thiazole rings is 1. The van der Waals surface area contributed by atoms with Crippen LogP contribution in [0.1, 0.15) is 18.4 Å². The van der Waals surface area contributed by atoms with Crippen molar-refractivity contribution in [2.45, 2.75) is 25.4 Å². The maximum Gasteiger partial charge on any atom is 0.307 e. The highest BCUT2D eigenvalue weighted by atomic mass is 32.1. The van der Waals surface area contributed by atoms with E-state index in [-0.39, 0.29) is 10.8 Å². The first kappa shape index (κ1) is 16.8. The molecule has 1 unspecified atom stereocenters. The number of amides is 1. The minimum Gasteiger partial charge on any atom is -0.336 e. The van der Waals surface area contributed by atoms with Crippen molar-refractivity contribution in [2.24, 2.45) is 7.05 Å². The van der Waals surface area contributed by atoms with Gasteiger partial charge in [-0.05, 0) is 37.1 Å². The summed E-state index contributed by atoms with van der Waals surface area (Å²) in [4.78, 5) is 28.6. The predicted octanol–water partition coefficient (Wildman–Crippen LogP) is 0.996. The molecule has 1 aromatic heterocycles. The van der Waals surface area contributed by atoms with Crippen LogP contribution >= 0.6 is 11.3 Å². The van der Waals surface area contributed by atoms with E-state index in [1.165, 1.54) is 16.9 Å². The molecule has 0 radical (unpaired) electrons. The van der Waals surface area contributed by atoms with Gasteiger partial charge < -0.3 is 14.8 Å². The van der Waals surface area contributed by atoms with E-state index in [2.05, 4.69) is 27.2 Å². The number of carbonyl (C=O) groups excluding carboxylic acids is 1. The third-order valence-corrected chi connectivity index (χ3v) is 6.31. The number of rotatable bonds is 3. The van der Waals surface area contributed by atoms with Crippen molar-refractivity contribution in [3.05, 3.63) is 33.4 Å². The quantitative estimate of drug-likeness (QED) is 0.887. The third kappa shape index (κ3) is 3.36. The molecule has 2 fully saturated rings. The zero-order valence-electron chi connectivity index (χ0n) is 14.5. The van der Waals surface area contributed by atoms with Crippen LogP contribution in [0.15, 0.2) is 23.0 Å². The van der Waals surface area contributed by atoms with Crippen molar-refractivity contribution >= 4 is 27.5 Å². The topological polar surface area (TPSA) is 57.6 Å². The molecule has 4 rings (SSSR count). The summed E-state index contributed by atoms with van der Waals surface area (Å²) < 4.78 is 2.76. The lowest BCUT2D eigenvalue weighted by molar-refractivity contribution is -0.135. The molecule has 2 aliphatic heterocycles. The molecule has 1 atom stereocenters. The first-order valence-corrected chi connectivity index (χ1v) is 9.74. The highest BCUT2D eigenvalue weighted by Gasteiger charge is 2.29. The number of aryl methyl sites for hydroxylation is 1. The van der Waals surface area contributed by atoms with Crippen molar-refractivity contribution < 1.29 is 4.79 Å². The number of piperazine rings is 1. The van der Waals surface area contributed by atoms with Gasteiger partial charge >= 0.3 is 4.87 Å². The van der Waals surface area contributed by atoms with Gasteiger partial charge in [0.05, 0.1) is 16.8 Å². The predicted molar refractivity (Wildman–Crippen MR) is 99.9 cm³/mol.